The lowest BCUT2D eigenvalue weighted by Gasteiger charge is -1.85. The van der Waals surface area contributed by atoms with Crippen LogP contribution in [0.3, 0.4) is 0 Å². The molecule has 0 heterocycles. The van der Waals surface area contributed by atoms with Gasteiger partial charge in [0.05, 0.1) is 6.61 Å². The van der Waals surface area contributed by atoms with Crippen LogP contribution in [0, 0.1) is 0 Å². The van der Waals surface area contributed by atoms with Gasteiger partial charge in [0.2, 0.25) is 0 Å². The summed E-state index contributed by atoms with van der Waals surface area (Å²) in [5, 5.41) is 23.9. The summed E-state index contributed by atoms with van der Waals surface area (Å²) in [4.78, 5) is 0. The van der Waals surface area contributed by atoms with Crippen molar-refractivity contribution in [3.05, 3.63) is 0 Å². The van der Waals surface area contributed by atoms with E-state index in [-0.39, 0.29) is 19.8 Å². The number of nitrogens with two attached hydrogens (primary N) is 1. The first-order chi connectivity index (χ1) is 4.83. The molecule has 0 fully saturated rings. The van der Waals surface area contributed by atoms with Crippen molar-refractivity contribution in [3.63, 3.8) is 0 Å². The smallest absolute Gasteiger partial charge is 0.0553 e. The maximum atomic E-state index is 8.09. The van der Waals surface area contributed by atoms with Gasteiger partial charge in [0.1, 0.15) is 0 Å². The van der Waals surface area contributed by atoms with Gasteiger partial charge < -0.3 is 21.1 Å². The Morgan fingerprint density at radius 1 is 0.800 bits per heavy atom. The average molecular weight is 151 g/mol. The van der Waals surface area contributed by atoms with Gasteiger partial charge in [-0.1, -0.05) is 0 Å². The van der Waals surface area contributed by atoms with Crippen molar-refractivity contribution in [2.75, 3.05) is 26.4 Å². The zero-order valence-corrected chi connectivity index (χ0v) is 6.16. The van der Waals surface area contributed by atoms with E-state index in [9.17, 15) is 0 Å². The van der Waals surface area contributed by atoms with Gasteiger partial charge in [-0.25, -0.2) is 0 Å². The molecule has 0 radical (unpaired) electrons. The molecule has 4 nitrogen and oxygen atoms in total. The standard InChI is InChI=1S/C4H10O2.C2H7NO/c5-3-1-2-4-6;3-1-2-4/h5-6H,1-4H2;4H,1-3H2. The molecule has 0 saturated heterocycles. The fourth-order valence-electron chi connectivity index (χ4n) is 0.224. The third kappa shape index (κ3) is 24.9. The van der Waals surface area contributed by atoms with Gasteiger partial charge >= 0.3 is 0 Å². The minimum absolute atomic E-state index is 0.0972. The minimum Gasteiger partial charge on any atom is -0.396 e. The highest BCUT2D eigenvalue weighted by Crippen LogP contribution is 1.80. The SMILES string of the molecule is NCCO.OCCCCO. The first kappa shape index (κ1) is 12.5. The van der Waals surface area contributed by atoms with Crippen molar-refractivity contribution < 1.29 is 15.3 Å². The van der Waals surface area contributed by atoms with Crippen LogP contribution in [0.1, 0.15) is 12.8 Å². The van der Waals surface area contributed by atoms with Gasteiger partial charge in [-0.3, -0.25) is 0 Å². The van der Waals surface area contributed by atoms with Gasteiger partial charge in [-0.15, -0.1) is 0 Å². The normalized spacial score (nSPS) is 8.40. The Labute approximate surface area is 61.3 Å². The predicted octanol–water partition coefficient (Wildman–Crippen LogP) is -1.31. The number of unbranched alkanes of at least 4 members (excludes halogenated alkanes) is 1. The van der Waals surface area contributed by atoms with Gasteiger partial charge in [0.15, 0.2) is 0 Å². The summed E-state index contributed by atoms with van der Waals surface area (Å²) < 4.78 is 0. The molecule has 0 aliphatic rings. The summed E-state index contributed by atoms with van der Waals surface area (Å²) in [5.41, 5.74) is 4.78. The van der Waals surface area contributed by atoms with Crippen LogP contribution in [0.15, 0.2) is 0 Å². The van der Waals surface area contributed by atoms with Crippen LogP contribution in [-0.4, -0.2) is 41.7 Å². The molecule has 0 aliphatic carbocycles. The topological polar surface area (TPSA) is 86.7 Å². The minimum atomic E-state index is 0.0972. The highest BCUT2D eigenvalue weighted by molar-refractivity contribution is 4.30. The molecule has 5 N–H and O–H groups in total. The Morgan fingerprint density at radius 2 is 1.10 bits per heavy atom. The second-order valence-electron chi connectivity index (χ2n) is 1.67. The summed E-state index contributed by atoms with van der Waals surface area (Å²) in [6, 6.07) is 0. The fourth-order valence-corrected chi connectivity index (χ4v) is 0.224. The number of aliphatic hydroxyl groups excluding tert-OH is 3. The van der Waals surface area contributed by atoms with Crippen molar-refractivity contribution in [2.24, 2.45) is 5.73 Å². The number of hydrogen-bond acceptors (Lipinski definition) is 4. The molecule has 0 aromatic rings. The van der Waals surface area contributed by atoms with Gasteiger partial charge in [-0.2, -0.15) is 0 Å². The molecule has 0 atom stereocenters. The summed E-state index contributed by atoms with van der Waals surface area (Å²) in [6.45, 7) is 0.862. The van der Waals surface area contributed by atoms with Crippen molar-refractivity contribution in [1.29, 1.82) is 0 Å². The third-order valence-electron chi connectivity index (χ3n) is 0.695. The van der Waals surface area contributed by atoms with Gasteiger partial charge in [-0.05, 0) is 12.8 Å². The lowest BCUT2D eigenvalue weighted by Crippen LogP contribution is -2.02. The van der Waals surface area contributed by atoms with Crippen molar-refractivity contribution in [3.8, 4) is 0 Å². The molecule has 0 unspecified atom stereocenters. The summed E-state index contributed by atoms with van der Waals surface area (Å²) >= 11 is 0. The molecule has 0 bridgehead atoms. The van der Waals surface area contributed by atoms with E-state index >= 15 is 0 Å². The molecule has 10 heavy (non-hydrogen) atoms. The van der Waals surface area contributed by atoms with Gasteiger partial charge in [0, 0.05) is 19.8 Å². The average Bonchev–Trinajstić information content (AvgIpc) is 2.01. The van der Waals surface area contributed by atoms with Crippen molar-refractivity contribution >= 4 is 0 Å². The zero-order chi connectivity index (χ0) is 8.24. The van der Waals surface area contributed by atoms with Crippen LogP contribution in [0.25, 0.3) is 0 Å². The van der Waals surface area contributed by atoms with E-state index in [2.05, 4.69) is 0 Å². The molecule has 0 rings (SSSR count). The Bertz CT molecular complexity index is 38.0. The largest absolute Gasteiger partial charge is 0.396 e. The summed E-state index contributed by atoms with van der Waals surface area (Å²) in [5.74, 6) is 0. The third-order valence-corrected chi connectivity index (χ3v) is 0.695. The molecular weight excluding hydrogens is 134 g/mol. The Morgan fingerprint density at radius 3 is 1.20 bits per heavy atom. The fraction of sp³-hybridized carbons (Fsp3) is 1.00. The van der Waals surface area contributed by atoms with E-state index in [0.717, 1.165) is 12.8 Å². The first-order valence-corrected chi connectivity index (χ1v) is 3.36. The second kappa shape index (κ2) is 15.9. The molecule has 0 aromatic heterocycles. The van der Waals surface area contributed by atoms with Crippen LogP contribution < -0.4 is 5.73 Å². The Hall–Kier alpha value is -0.160. The number of aliphatic hydroxyl groups is 3. The lowest BCUT2D eigenvalue weighted by atomic mass is 10.3. The van der Waals surface area contributed by atoms with Gasteiger partial charge in [0.25, 0.3) is 0 Å². The number of rotatable bonds is 4. The van der Waals surface area contributed by atoms with Crippen molar-refractivity contribution in [1.82, 2.24) is 0 Å². The maximum absolute atomic E-state index is 8.09. The van der Waals surface area contributed by atoms with E-state index in [1.807, 2.05) is 0 Å². The molecule has 0 amide bonds. The molecule has 0 saturated carbocycles. The van der Waals surface area contributed by atoms with E-state index in [0.29, 0.717) is 6.54 Å². The van der Waals surface area contributed by atoms with Crippen LogP contribution in [0.4, 0.5) is 0 Å². The van der Waals surface area contributed by atoms with E-state index < -0.39 is 0 Å². The summed E-state index contributed by atoms with van der Waals surface area (Å²) in [6.07, 6.45) is 1.44. The highest BCUT2D eigenvalue weighted by atomic mass is 16.3. The zero-order valence-electron chi connectivity index (χ0n) is 6.16. The van der Waals surface area contributed by atoms with Crippen molar-refractivity contribution in [2.45, 2.75) is 12.8 Å². The number of hydrogen-bond donors (Lipinski definition) is 4. The Kier molecular flexibility index (Phi) is 19.9. The highest BCUT2D eigenvalue weighted by Gasteiger charge is 1.77. The van der Waals surface area contributed by atoms with E-state index in [4.69, 9.17) is 21.1 Å². The molecular formula is C6H17NO3. The molecule has 0 aliphatic heterocycles. The summed E-state index contributed by atoms with van der Waals surface area (Å²) in [7, 11) is 0. The molecule has 0 aromatic carbocycles. The van der Waals surface area contributed by atoms with E-state index in [1.165, 1.54) is 0 Å². The quantitative estimate of drug-likeness (QED) is 0.376. The second-order valence-corrected chi connectivity index (χ2v) is 1.67. The molecule has 4 heteroatoms. The van der Waals surface area contributed by atoms with Crippen LogP contribution in [0.5, 0.6) is 0 Å². The molecule has 64 valence electrons. The molecule has 0 spiro atoms. The maximum Gasteiger partial charge on any atom is 0.0553 e. The van der Waals surface area contributed by atoms with Crippen LogP contribution in [-0.2, 0) is 0 Å². The first-order valence-electron chi connectivity index (χ1n) is 3.36. The Balaban J connectivity index is 0. The van der Waals surface area contributed by atoms with E-state index in [1.54, 1.807) is 0 Å². The lowest BCUT2D eigenvalue weighted by molar-refractivity contribution is 0.242. The van der Waals surface area contributed by atoms with Crippen LogP contribution >= 0.6 is 0 Å². The predicted molar refractivity (Wildman–Crippen MR) is 39.5 cm³/mol. The monoisotopic (exact) mass is 151 g/mol. The van der Waals surface area contributed by atoms with Crippen LogP contribution in [0.2, 0.25) is 0 Å².